The predicted octanol–water partition coefficient (Wildman–Crippen LogP) is 5.60. The quantitative estimate of drug-likeness (QED) is 0.370. The number of ether oxygens (including phenoxy) is 1. The van der Waals surface area contributed by atoms with Crippen LogP contribution in [0.15, 0.2) is 73.1 Å². The highest BCUT2D eigenvalue weighted by Gasteiger charge is 2.20. The molecule has 0 spiro atoms. The molecule has 1 amide bonds. The molecule has 0 saturated carbocycles. The predicted molar refractivity (Wildman–Crippen MR) is 122 cm³/mol. The van der Waals surface area contributed by atoms with Gasteiger partial charge in [0.1, 0.15) is 11.3 Å². The van der Waals surface area contributed by atoms with Crippen molar-refractivity contribution in [3.05, 3.63) is 89.2 Å². The minimum absolute atomic E-state index is 0.197. The number of para-hydroxylation sites is 1. The van der Waals surface area contributed by atoms with Gasteiger partial charge in [0.15, 0.2) is 5.13 Å². The maximum Gasteiger partial charge on any atom is 0.253 e. The maximum atomic E-state index is 13.2. The van der Waals surface area contributed by atoms with E-state index in [2.05, 4.69) is 4.98 Å². The molecule has 0 radical (unpaired) electrons. The van der Waals surface area contributed by atoms with Crippen molar-refractivity contribution in [3.63, 3.8) is 0 Å². The number of carbonyl (C=O) groups is 1. The van der Waals surface area contributed by atoms with E-state index < -0.39 is 0 Å². The zero-order valence-corrected chi connectivity index (χ0v) is 17.7. The number of rotatable bonds is 6. The summed E-state index contributed by atoms with van der Waals surface area (Å²) in [6.45, 7) is 0.349. The second-order valence-corrected chi connectivity index (χ2v) is 7.86. The van der Waals surface area contributed by atoms with Crippen LogP contribution < -0.4 is 9.64 Å². The van der Waals surface area contributed by atoms with E-state index in [1.165, 1.54) is 17.4 Å². The van der Waals surface area contributed by atoms with Gasteiger partial charge in [-0.05, 0) is 41.5 Å². The van der Waals surface area contributed by atoms with E-state index in [1.807, 2.05) is 48.5 Å². The monoisotopic (exact) mass is 435 g/mol. The standard InChI is InChI=1S/C23H18ClN3O2S/c1-29-19-9-4-10-20-22(19)26-23(30-20)27(15-16-6-5-13-25-14-16)21(28)12-11-17-7-2-3-8-18(17)24/h2-14H,15H2,1H3/b12-11+. The highest BCUT2D eigenvalue weighted by molar-refractivity contribution is 7.22. The summed E-state index contributed by atoms with van der Waals surface area (Å²) < 4.78 is 6.37. The smallest absolute Gasteiger partial charge is 0.253 e. The summed E-state index contributed by atoms with van der Waals surface area (Å²) in [6.07, 6.45) is 6.68. The van der Waals surface area contributed by atoms with Crippen molar-refractivity contribution < 1.29 is 9.53 Å². The van der Waals surface area contributed by atoms with Crippen LogP contribution >= 0.6 is 22.9 Å². The lowest BCUT2D eigenvalue weighted by molar-refractivity contribution is -0.114. The molecule has 0 bridgehead atoms. The van der Waals surface area contributed by atoms with Gasteiger partial charge in [-0.2, -0.15) is 0 Å². The Hall–Kier alpha value is -3.22. The minimum atomic E-state index is -0.197. The van der Waals surface area contributed by atoms with Crippen LogP contribution in [0.1, 0.15) is 11.1 Å². The number of hydrogen-bond donors (Lipinski definition) is 0. The van der Waals surface area contributed by atoms with Crippen molar-refractivity contribution in [1.29, 1.82) is 0 Å². The molecule has 4 rings (SSSR count). The number of carbonyl (C=O) groups excluding carboxylic acids is 1. The van der Waals surface area contributed by atoms with Crippen LogP contribution in [0.3, 0.4) is 0 Å². The second-order valence-electron chi connectivity index (χ2n) is 6.44. The first-order chi connectivity index (χ1) is 14.7. The molecule has 2 heterocycles. The summed E-state index contributed by atoms with van der Waals surface area (Å²) >= 11 is 7.65. The van der Waals surface area contributed by atoms with Gasteiger partial charge < -0.3 is 4.74 Å². The highest BCUT2D eigenvalue weighted by atomic mass is 35.5. The maximum absolute atomic E-state index is 13.2. The Kier molecular flexibility index (Phi) is 6.07. The molecule has 0 aliphatic heterocycles. The van der Waals surface area contributed by atoms with Gasteiger partial charge >= 0.3 is 0 Å². The van der Waals surface area contributed by atoms with Crippen LogP contribution in [0.4, 0.5) is 5.13 Å². The Labute approximate surface area is 183 Å². The van der Waals surface area contributed by atoms with E-state index in [4.69, 9.17) is 21.3 Å². The summed E-state index contributed by atoms with van der Waals surface area (Å²) in [7, 11) is 1.61. The number of anilines is 1. The van der Waals surface area contributed by atoms with Gasteiger partial charge in [-0.25, -0.2) is 4.98 Å². The van der Waals surface area contributed by atoms with Crippen molar-refractivity contribution in [3.8, 4) is 5.75 Å². The third-order valence-electron chi connectivity index (χ3n) is 4.46. The number of benzene rings is 2. The lowest BCUT2D eigenvalue weighted by atomic mass is 10.2. The number of methoxy groups -OCH3 is 1. The Morgan fingerprint density at radius 3 is 2.80 bits per heavy atom. The zero-order valence-electron chi connectivity index (χ0n) is 16.2. The topological polar surface area (TPSA) is 55.3 Å². The van der Waals surface area contributed by atoms with Crippen LogP contribution in [0.2, 0.25) is 5.02 Å². The first-order valence-corrected chi connectivity index (χ1v) is 10.4. The molecule has 4 aromatic rings. The zero-order chi connectivity index (χ0) is 20.9. The summed E-state index contributed by atoms with van der Waals surface area (Å²) in [5, 5.41) is 1.18. The lowest BCUT2D eigenvalue weighted by Gasteiger charge is -2.18. The second kappa shape index (κ2) is 9.07. The average Bonchev–Trinajstić information content (AvgIpc) is 3.21. The van der Waals surface area contributed by atoms with Crippen molar-refractivity contribution in [2.24, 2.45) is 0 Å². The Balaban J connectivity index is 1.71. The Morgan fingerprint density at radius 2 is 2.03 bits per heavy atom. The number of pyridine rings is 1. The fourth-order valence-corrected chi connectivity index (χ4v) is 4.15. The molecule has 0 unspecified atom stereocenters. The van der Waals surface area contributed by atoms with Crippen molar-refractivity contribution in [2.75, 3.05) is 12.0 Å². The lowest BCUT2D eigenvalue weighted by Crippen LogP contribution is -2.28. The van der Waals surface area contributed by atoms with Gasteiger partial charge in [0, 0.05) is 23.5 Å². The van der Waals surface area contributed by atoms with E-state index in [0.29, 0.717) is 22.4 Å². The third-order valence-corrected chi connectivity index (χ3v) is 5.85. The van der Waals surface area contributed by atoms with Crippen LogP contribution in [0, 0.1) is 0 Å². The Bertz CT molecular complexity index is 1210. The molecule has 0 saturated heterocycles. The molecule has 0 fully saturated rings. The number of halogens is 1. The first-order valence-electron chi connectivity index (χ1n) is 9.22. The number of aromatic nitrogens is 2. The van der Waals surface area contributed by atoms with E-state index in [1.54, 1.807) is 36.5 Å². The third kappa shape index (κ3) is 4.35. The molecule has 0 N–H and O–H groups in total. The summed E-state index contributed by atoms with van der Waals surface area (Å²) in [5.74, 6) is 0.479. The van der Waals surface area contributed by atoms with Gasteiger partial charge in [-0.1, -0.05) is 53.3 Å². The Morgan fingerprint density at radius 1 is 1.17 bits per heavy atom. The fraction of sp³-hybridized carbons (Fsp3) is 0.0870. The van der Waals surface area contributed by atoms with Crippen molar-refractivity contribution in [1.82, 2.24) is 9.97 Å². The first kappa shape index (κ1) is 20.1. The van der Waals surface area contributed by atoms with Crippen LogP contribution in [-0.2, 0) is 11.3 Å². The minimum Gasteiger partial charge on any atom is -0.494 e. The normalized spacial score (nSPS) is 11.1. The SMILES string of the molecule is COc1cccc2sc(N(Cc3cccnc3)C(=O)/C=C/c3ccccc3Cl)nc12. The highest BCUT2D eigenvalue weighted by Crippen LogP contribution is 2.34. The van der Waals surface area contributed by atoms with Crippen molar-refractivity contribution >= 4 is 50.3 Å². The molecule has 150 valence electrons. The largest absolute Gasteiger partial charge is 0.494 e. The van der Waals surface area contributed by atoms with Crippen molar-refractivity contribution in [2.45, 2.75) is 6.54 Å². The molecule has 30 heavy (non-hydrogen) atoms. The van der Waals surface area contributed by atoms with Crippen LogP contribution in [-0.4, -0.2) is 23.0 Å². The van der Waals surface area contributed by atoms with Crippen LogP contribution in [0.5, 0.6) is 5.75 Å². The van der Waals surface area contributed by atoms with E-state index >= 15 is 0 Å². The molecular weight excluding hydrogens is 418 g/mol. The number of nitrogens with zero attached hydrogens (tertiary/aromatic N) is 3. The molecule has 0 aliphatic carbocycles. The average molecular weight is 436 g/mol. The number of thiazole rings is 1. The molecular formula is C23H18ClN3O2S. The fourth-order valence-electron chi connectivity index (χ4n) is 2.97. The van der Waals surface area contributed by atoms with E-state index in [9.17, 15) is 4.79 Å². The van der Waals surface area contributed by atoms with E-state index in [-0.39, 0.29) is 5.91 Å². The van der Waals surface area contributed by atoms with Gasteiger partial charge in [0.05, 0.1) is 18.4 Å². The van der Waals surface area contributed by atoms with Gasteiger partial charge in [-0.15, -0.1) is 0 Å². The molecule has 7 heteroatoms. The van der Waals surface area contributed by atoms with Gasteiger partial charge in [0.2, 0.25) is 0 Å². The number of hydrogen-bond acceptors (Lipinski definition) is 5. The van der Waals surface area contributed by atoms with Gasteiger partial charge in [-0.3, -0.25) is 14.7 Å². The molecule has 2 aromatic carbocycles. The molecule has 2 aromatic heterocycles. The van der Waals surface area contributed by atoms with Gasteiger partial charge in [0.25, 0.3) is 5.91 Å². The summed E-state index contributed by atoms with van der Waals surface area (Å²) in [6, 6.07) is 16.9. The summed E-state index contributed by atoms with van der Waals surface area (Å²) in [5.41, 5.74) is 2.42. The summed E-state index contributed by atoms with van der Waals surface area (Å²) in [4.78, 5) is 23.7. The number of amides is 1. The molecule has 0 aliphatic rings. The molecule has 0 atom stereocenters. The number of fused-ring (bicyclic) bond motifs is 1. The van der Waals surface area contributed by atoms with E-state index in [0.717, 1.165) is 21.3 Å². The molecule has 5 nitrogen and oxygen atoms in total. The van der Waals surface area contributed by atoms with Crippen LogP contribution in [0.25, 0.3) is 16.3 Å².